The Hall–Kier alpha value is -5.91. The van der Waals surface area contributed by atoms with Gasteiger partial charge in [0.25, 0.3) is 5.82 Å². The number of pyridine rings is 3. The molecule has 3 amide bonds. The Morgan fingerprint density at radius 2 is 1.64 bits per heavy atom. The summed E-state index contributed by atoms with van der Waals surface area (Å²) in [6, 6.07) is 14.8. The van der Waals surface area contributed by atoms with Crippen LogP contribution in [-0.2, 0) is 26.6 Å². The molecule has 15 heteroatoms. The molecule has 0 spiro atoms. The third kappa shape index (κ3) is 9.37. The largest absolute Gasteiger partial charge is 0.710 e. The highest BCUT2D eigenvalue weighted by Gasteiger charge is 2.39. The first-order valence-corrected chi connectivity index (χ1v) is 15.5. The van der Waals surface area contributed by atoms with Gasteiger partial charge in [-0.1, -0.05) is 18.2 Å². The van der Waals surface area contributed by atoms with Gasteiger partial charge in [-0.3, -0.25) is 20.1 Å². The van der Waals surface area contributed by atoms with Gasteiger partial charge >= 0.3 is 18.1 Å². The van der Waals surface area contributed by atoms with E-state index in [1.165, 1.54) is 24.4 Å². The number of hydrogen-bond acceptors (Lipinski definition) is 10. The van der Waals surface area contributed by atoms with Gasteiger partial charge in [-0.05, 0) is 82.8 Å². The molecule has 50 heavy (non-hydrogen) atoms. The summed E-state index contributed by atoms with van der Waals surface area (Å²) >= 11 is 0. The summed E-state index contributed by atoms with van der Waals surface area (Å²) in [6.45, 7) is 8.56. The number of alkyl halides is 2. The minimum absolute atomic E-state index is 0.169. The summed E-state index contributed by atoms with van der Waals surface area (Å²) in [7, 11) is 0. The van der Waals surface area contributed by atoms with Crippen LogP contribution in [0.5, 0.6) is 0 Å². The Kier molecular flexibility index (Phi) is 10.8. The van der Waals surface area contributed by atoms with Crippen LogP contribution >= 0.6 is 0 Å². The fourth-order valence-electron chi connectivity index (χ4n) is 4.69. The lowest BCUT2D eigenvalue weighted by Crippen LogP contribution is -2.51. The molecule has 4 aromatic rings. The molecule has 3 heterocycles. The second-order valence-electron chi connectivity index (χ2n) is 13.2. The number of carbonyl (C=O) groups is 3. The maximum absolute atomic E-state index is 14.8. The molecule has 0 saturated carbocycles. The summed E-state index contributed by atoms with van der Waals surface area (Å²) in [6.07, 6.45) is -0.216. The molecule has 0 saturated heterocycles. The Balaban J connectivity index is 1.71. The van der Waals surface area contributed by atoms with Crippen molar-refractivity contribution in [3.05, 3.63) is 101 Å². The van der Waals surface area contributed by atoms with Crippen molar-refractivity contribution in [3.8, 4) is 6.07 Å². The number of nitriles is 1. The molecule has 0 aliphatic rings. The van der Waals surface area contributed by atoms with E-state index in [0.29, 0.717) is 10.3 Å². The molecule has 1 unspecified atom stereocenters. The number of aromatic nitrogens is 3. The molecule has 4 rings (SSSR count). The lowest BCUT2D eigenvalue weighted by atomic mass is 10.1. The Morgan fingerprint density at radius 1 is 0.960 bits per heavy atom. The lowest BCUT2D eigenvalue weighted by Gasteiger charge is -2.34. The van der Waals surface area contributed by atoms with Crippen molar-refractivity contribution in [3.63, 3.8) is 0 Å². The van der Waals surface area contributed by atoms with Gasteiger partial charge in [-0.15, -0.1) is 0 Å². The monoisotopic (exact) mass is 689 g/mol. The molecule has 1 atom stereocenters. The number of hydrogen-bond donors (Lipinski definition) is 2. The van der Waals surface area contributed by atoms with Crippen molar-refractivity contribution in [2.45, 2.75) is 71.3 Å². The molecule has 0 aliphatic carbocycles. The van der Waals surface area contributed by atoms with Crippen LogP contribution in [0.25, 0.3) is 10.8 Å². The summed E-state index contributed by atoms with van der Waals surface area (Å²) < 4.78 is 40.9. The number of nitrogens with zero attached hydrogens (tertiary/aromatic N) is 5. The number of halogens is 2. The van der Waals surface area contributed by atoms with Crippen LogP contribution in [0.1, 0.15) is 70.2 Å². The highest BCUT2D eigenvalue weighted by molar-refractivity contribution is 5.90. The standard InChI is InChI=1S/C35H37F2N7O6/c1-33(2,3)49-31(46)43(32(47)50-34(4,5)6)30(23-11-10-22-14-16-39-20-25(22)17-23)42-29(45)18-26-24(19-38)12-13-28(44(26)48)41-21-35(36,37)27-9-7-8-15-40-27/h7-17,20,30,41H,18,21H2,1-6H3,(H,42,45). The third-order valence-electron chi connectivity index (χ3n) is 6.88. The Labute approximate surface area is 287 Å². The first kappa shape index (κ1) is 36.9. The van der Waals surface area contributed by atoms with E-state index in [0.717, 1.165) is 17.5 Å². The lowest BCUT2D eigenvalue weighted by molar-refractivity contribution is -0.598. The summed E-state index contributed by atoms with van der Waals surface area (Å²) in [5, 5.41) is 29.5. The molecule has 0 aliphatic heterocycles. The third-order valence-corrected chi connectivity index (χ3v) is 6.88. The van der Waals surface area contributed by atoms with Crippen LogP contribution in [0.15, 0.2) is 73.2 Å². The number of carbonyl (C=O) groups excluding carboxylic acids is 3. The van der Waals surface area contributed by atoms with Gasteiger partial charge in [0.05, 0.1) is 12.0 Å². The van der Waals surface area contributed by atoms with Gasteiger partial charge in [0.1, 0.15) is 34.8 Å². The number of imide groups is 1. The topological polar surface area (TPSA) is 173 Å². The van der Waals surface area contributed by atoms with E-state index in [-0.39, 0.29) is 27.4 Å². The SMILES string of the molecule is CC(C)(C)OC(=O)N(C(=O)OC(C)(C)C)C(NC(=O)Cc1c(C#N)ccc(NCC(F)(F)c2ccccn2)[n+]1[O-])c1ccc2ccncc2c1. The van der Waals surface area contributed by atoms with Gasteiger partial charge in [-0.2, -0.15) is 18.9 Å². The smallest absolute Gasteiger partial charge is 0.421 e. The maximum atomic E-state index is 14.8. The van der Waals surface area contributed by atoms with Crippen LogP contribution in [0.2, 0.25) is 0 Å². The predicted octanol–water partition coefficient (Wildman–Crippen LogP) is 5.87. The zero-order valence-electron chi connectivity index (χ0n) is 28.4. The van der Waals surface area contributed by atoms with Gasteiger partial charge in [0, 0.05) is 30.0 Å². The first-order chi connectivity index (χ1) is 23.4. The highest BCUT2D eigenvalue weighted by Crippen LogP contribution is 2.28. The number of fused-ring (bicyclic) bond motifs is 1. The minimum atomic E-state index is -3.46. The van der Waals surface area contributed by atoms with Gasteiger partial charge < -0.3 is 20.0 Å². The first-order valence-electron chi connectivity index (χ1n) is 15.5. The van der Waals surface area contributed by atoms with Crippen LogP contribution in [-0.4, -0.2) is 50.7 Å². The molecular formula is C35H37F2N7O6. The average Bonchev–Trinajstić information content (AvgIpc) is 3.03. The van der Waals surface area contributed by atoms with E-state index < -0.39 is 60.0 Å². The molecule has 2 N–H and O–H groups in total. The number of ether oxygens (including phenoxy) is 2. The number of nitrogens with one attached hydrogen (secondary N) is 2. The fraction of sp³-hybridized carbons (Fsp3) is 0.343. The number of anilines is 1. The van der Waals surface area contributed by atoms with E-state index in [9.17, 15) is 33.6 Å². The molecule has 13 nitrogen and oxygen atoms in total. The molecule has 0 bridgehead atoms. The van der Waals surface area contributed by atoms with Gasteiger partial charge in [-0.25, -0.2) is 14.3 Å². The second-order valence-corrected chi connectivity index (χ2v) is 13.2. The molecule has 1 aromatic carbocycles. The summed E-state index contributed by atoms with van der Waals surface area (Å²) in [5.41, 5.74) is -2.97. The van der Waals surface area contributed by atoms with Crippen molar-refractivity contribution in [1.82, 2.24) is 20.2 Å². The highest BCUT2D eigenvalue weighted by atomic mass is 19.3. The van der Waals surface area contributed by atoms with Crippen LogP contribution in [0.4, 0.5) is 24.2 Å². The molecule has 3 aromatic heterocycles. The van der Waals surface area contributed by atoms with Crippen LogP contribution < -0.4 is 15.4 Å². The van der Waals surface area contributed by atoms with Crippen LogP contribution in [0.3, 0.4) is 0 Å². The van der Waals surface area contributed by atoms with E-state index in [1.807, 2.05) is 6.07 Å². The average molecular weight is 690 g/mol. The van der Waals surface area contributed by atoms with E-state index in [4.69, 9.17) is 9.47 Å². The molecular weight excluding hydrogens is 652 g/mol. The summed E-state index contributed by atoms with van der Waals surface area (Å²) in [5.74, 6) is -4.73. The number of amides is 3. The molecule has 0 radical (unpaired) electrons. The zero-order valence-corrected chi connectivity index (χ0v) is 28.4. The van der Waals surface area contributed by atoms with Gasteiger partial charge in [0.15, 0.2) is 6.54 Å². The molecule has 0 fully saturated rings. The van der Waals surface area contributed by atoms with E-state index in [2.05, 4.69) is 20.6 Å². The maximum Gasteiger partial charge on any atom is 0.421 e. The quantitative estimate of drug-likeness (QED) is 0.123. The Bertz CT molecular complexity index is 1890. The number of rotatable bonds is 9. The minimum Gasteiger partial charge on any atom is -0.710 e. The van der Waals surface area contributed by atoms with Crippen molar-refractivity contribution in [2.75, 3.05) is 11.9 Å². The fourth-order valence-corrected chi connectivity index (χ4v) is 4.69. The van der Waals surface area contributed by atoms with Crippen molar-refractivity contribution in [1.29, 1.82) is 5.26 Å². The van der Waals surface area contributed by atoms with E-state index in [1.54, 1.807) is 78.2 Å². The summed E-state index contributed by atoms with van der Waals surface area (Å²) in [4.78, 5) is 49.4. The van der Waals surface area contributed by atoms with E-state index >= 15 is 0 Å². The van der Waals surface area contributed by atoms with Gasteiger partial charge in [0.2, 0.25) is 5.91 Å². The normalized spacial score (nSPS) is 12.4. The predicted molar refractivity (Wildman–Crippen MR) is 177 cm³/mol. The van der Waals surface area contributed by atoms with Crippen LogP contribution in [0, 0.1) is 16.5 Å². The number of benzene rings is 1. The van der Waals surface area contributed by atoms with Crippen molar-refractivity contribution >= 4 is 34.7 Å². The van der Waals surface area contributed by atoms with Crippen molar-refractivity contribution in [2.24, 2.45) is 0 Å². The van der Waals surface area contributed by atoms with Crippen molar-refractivity contribution < 1.29 is 37.4 Å². The Morgan fingerprint density at radius 3 is 2.24 bits per heavy atom. The molecule has 262 valence electrons. The zero-order chi connectivity index (χ0) is 36.9. The second kappa shape index (κ2) is 14.7.